The van der Waals surface area contributed by atoms with Gasteiger partial charge in [-0.3, -0.25) is 19.7 Å². The number of rotatable bonds is 6. The lowest BCUT2D eigenvalue weighted by Crippen LogP contribution is -2.60. The van der Waals surface area contributed by atoms with Crippen LogP contribution >= 0.6 is 12.2 Å². The van der Waals surface area contributed by atoms with Crippen molar-refractivity contribution >= 4 is 35.1 Å². The molecule has 0 radical (unpaired) electrons. The molecule has 0 saturated carbocycles. The number of carbonyl (C=O) groups is 3. The molecule has 1 aromatic rings. The summed E-state index contributed by atoms with van der Waals surface area (Å²) in [5.74, 6) is -1.12. The van der Waals surface area contributed by atoms with E-state index < -0.39 is 12.0 Å². The van der Waals surface area contributed by atoms with Gasteiger partial charge in [-0.15, -0.1) is 0 Å². The lowest BCUT2D eigenvalue weighted by Gasteiger charge is -2.36. The number of amides is 2. The summed E-state index contributed by atoms with van der Waals surface area (Å²) in [5.41, 5.74) is 0.465. The van der Waals surface area contributed by atoms with Gasteiger partial charge >= 0.3 is 5.97 Å². The molecule has 0 bridgehead atoms. The number of benzene rings is 1. The van der Waals surface area contributed by atoms with Gasteiger partial charge in [-0.25, -0.2) is 0 Å². The molecule has 2 rings (SSSR count). The molecule has 1 saturated heterocycles. The highest BCUT2D eigenvalue weighted by atomic mass is 32.1. The van der Waals surface area contributed by atoms with Gasteiger partial charge in [0.1, 0.15) is 6.04 Å². The third-order valence-electron chi connectivity index (χ3n) is 3.97. The van der Waals surface area contributed by atoms with Crippen LogP contribution in [0.5, 0.6) is 0 Å². The first-order chi connectivity index (χ1) is 12.5. The van der Waals surface area contributed by atoms with Crippen molar-refractivity contribution in [2.75, 3.05) is 19.7 Å². The molecule has 0 aliphatic carbocycles. The minimum atomic E-state index is -0.790. The van der Waals surface area contributed by atoms with Crippen LogP contribution in [0.15, 0.2) is 30.3 Å². The minimum Gasteiger partial charge on any atom is -0.466 e. The molecule has 26 heavy (non-hydrogen) atoms. The number of carbonyl (C=O) groups excluding carboxylic acids is 3. The second-order valence-corrected chi connectivity index (χ2v) is 6.29. The molecule has 0 aromatic heterocycles. The van der Waals surface area contributed by atoms with Crippen LogP contribution in [0.25, 0.3) is 0 Å². The summed E-state index contributed by atoms with van der Waals surface area (Å²) in [4.78, 5) is 38.0. The first-order valence-electron chi connectivity index (χ1n) is 8.63. The summed E-state index contributed by atoms with van der Waals surface area (Å²) in [5, 5.41) is 5.47. The van der Waals surface area contributed by atoms with Crippen molar-refractivity contribution in [2.24, 2.45) is 0 Å². The van der Waals surface area contributed by atoms with E-state index in [4.69, 9.17) is 17.0 Å². The molecule has 1 fully saturated rings. The average Bonchev–Trinajstić information content (AvgIpc) is 2.64. The van der Waals surface area contributed by atoms with Crippen molar-refractivity contribution in [3.63, 3.8) is 0 Å². The molecular weight excluding hydrogens is 354 g/mol. The molecule has 1 heterocycles. The number of esters is 1. The lowest BCUT2D eigenvalue weighted by atomic mass is 10.1. The quantitative estimate of drug-likeness (QED) is 0.441. The molecule has 1 aliphatic heterocycles. The molecule has 2 amide bonds. The van der Waals surface area contributed by atoms with Crippen LogP contribution in [0.3, 0.4) is 0 Å². The Morgan fingerprint density at radius 3 is 2.77 bits per heavy atom. The Hall–Kier alpha value is -2.48. The van der Waals surface area contributed by atoms with E-state index in [-0.39, 0.29) is 23.3 Å². The van der Waals surface area contributed by atoms with Gasteiger partial charge in [0.15, 0.2) is 5.11 Å². The van der Waals surface area contributed by atoms with Crippen molar-refractivity contribution in [3.8, 4) is 0 Å². The Morgan fingerprint density at radius 2 is 2.08 bits per heavy atom. The normalized spacial score (nSPS) is 16.6. The third-order valence-corrected chi connectivity index (χ3v) is 4.31. The van der Waals surface area contributed by atoms with E-state index in [0.717, 1.165) is 12.8 Å². The summed E-state index contributed by atoms with van der Waals surface area (Å²) < 4.78 is 5.14. The number of hydrogen-bond acceptors (Lipinski definition) is 5. The monoisotopic (exact) mass is 377 g/mol. The second-order valence-electron chi connectivity index (χ2n) is 5.90. The predicted octanol–water partition coefficient (Wildman–Crippen LogP) is 1.24. The zero-order valence-corrected chi connectivity index (χ0v) is 15.5. The fourth-order valence-electron chi connectivity index (χ4n) is 2.54. The zero-order valence-electron chi connectivity index (χ0n) is 14.7. The largest absolute Gasteiger partial charge is 0.466 e. The molecule has 8 heteroatoms. The molecule has 1 aromatic carbocycles. The van der Waals surface area contributed by atoms with Crippen molar-refractivity contribution in [3.05, 3.63) is 35.9 Å². The molecule has 0 spiro atoms. The summed E-state index contributed by atoms with van der Waals surface area (Å²) in [6.07, 6.45) is 1.58. The summed E-state index contributed by atoms with van der Waals surface area (Å²) in [6.45, 7) is 3.13. The number of hydrogen-bond donors (Lipinski definition) is 2. The van der Waals surface area contributed by atoms with E-state index in [2.05, 4.69) is 10.6 Å². The zero-order chi connectivity index (χ0) is 18.9. The Balaban J connectivity index is 1.99. The Morgan fingerprint density at radius 1 is 1.35 bits per heavy atom. The second kappa shape index (κ2) is 9.86. The number of nitrogens with zero attached hydrogens (tertiary/aromatic N) is 1. The van der Waals surface area contributed by atoms with E-state index in [1.807, 2.05) is 13.0 Å². The molecule has 2 N–H and O–H groups in total. The first kappa shape index (κ1) is 19.8. The van der Waals surface area contributed by atoms with Crippen LogP contribution in [0.2, 0.25) is 0 Å². The minimum absolute atomic E-state index is 0.114. The highest BCUT2D eigenvalue weighted by Gasteiger charge is 2.34. The summed E-state index contributed by atoms with van der Waals surface area (Å²) in [7, 11) is 0. The van der Waals surface area contributed by atoms with Crippen LogP contribution in [0.1, 0.15) is 36.5 Å². The molecule has 140 valence electrons. The Bertz CT molecular complexity index is 666. The van der Waals surface area contributed by atoms with Crippen LogP contribution in [-0.2, 0) is 14.3 Å². The van der Waals surface area contributed by atoms with Gasteiger partial charge in [0, 0.05) is 18.7 Å². The van der Waals surface area contributed by atoms with Gasteiger partial charge in [0.05, 0.1) is 13.0 Å². The van der Waals surface area contributed by atoms with Crippen LogP contribution in [0, 0.1) is 0 Å². The van der Waals surface area contributed by atoms with E-state index in [1.165, 1.54) is 0 Å². The number of nitrogens with one attached hydrogen (secondary N) is 2. The number of thiocarbonyl (C=S) groups is 1. The maximum Gasteiger partial charge on any atom is 0.308 e. The summed E-state index contributed by atoms with van der Waals surface area (Å²) >= 11 is 5.30. The van der Waals surface area contributed by atoms with Gasteiger partial charge in [0.2, 0.25) is 5.91 Å². The maximum atomic E-state index is 12.3. The average molecular weight is 377 g/mol. The fraction of sp³-hybridized carbons (Fsp3) is 0.444. The highest BCUT2D eigenvalue weighted by Crippen LogP contribution is 2.11. The van der Waals surface area contributed by atoms with Crippen LogP contribution < -0.4 is 10.6 Å². The maximum absolute atomic E-state index is 12.3. The lowest BCUT2D eigenvalue weighted by molar-refractivity contribution is -0.147. The highest BCUT2D eigenvalue weighted by molar-refractivity contribution is 7.80. The van der Waals surface area contributed by atoms with Gasteiger partial charge in [0.25, 0.3) is 5.91 Å². The Labute approximate surface area is 158 Å². The number of ether oxygens (including phenoxy) is 1. The molecule has 1 aliphatic rings. The van der Waals surface area contributed by atoms with Gasteiger partial charge in [-0.05, 0) is 30.8 Å². The summed E-state index contributed by atoms with van der Waals surface area (Å²) in [6, 6.07) is 7.86. The number of piperazine rings is 1. The topological polar surface area (TPSA) is 87.7 Å². The van der Waals surface area contributed by atoms with Gasteiger partial charge in [-0.1, -0.05) is 31.5 Å². The molecular formula is C18H23N3O4S. The van der Waals surface area contributed by atoms with Gasteiger partial charge < -0.3 is 15.0 Å². The van der Waals surface area contributed by atoms with Gasteiger partial charge in [-0.2, -0.15) is 0 Å². The van der Waals surface area contributed by atoms with E-state index in [1.54, 1.807) is 29.2 Å². The third kappa shape index (κ3) is 5.52. The van der Waals surface area contributed by atoms with E-state index in [9.17, 15) is 14.4 Å². The van der Waals surface area contributed by atoms with Crippen molar-refractivity contribution in [1.29, 1.82) is 0 Å². The smallest absolute Gasteiger partial charge is 0.308 e. The first-order valence-corrected chi connectivity index (χ1v) is 9.04. The van der Waals surface area contributed by atoms with E-state index in [0.29, 0.717) is 25.3 Å². The van der Waals surface area contributed by atoms with Crippen LogP contribution in [0.4, 0.5) is 0 Å². The SMILES string of the molecule is CCCCOC(=O)C[C@@H]1C(=O)NCCN1C(=S)NC(=O)c1ccccc1. The molecule has 7 nitrogen and oxygen atoms in total. The van der Waals surface area contributed by atoms with Crippen molar-refractivity contribution in [2.45, 2.75) is 32.2 Å². The van der Waals surface area contributed by atoms with Crippen molar-refractivity contribution in [1.82, 2.24) is 15.5 Å². The Kier molecular flexibility index (Phi) is 7.53. The molecule has 1 atom stereocenters. The van der Waals surface area contributed by atoms with Crippen LogP contribution in [-0.4, -0.2) is 53.5 Å². The van der Waals surface area contributed by atoms with Crippen molar-refractivity contribution < 1.29 is 19.1 Å². The standard InChI is InChI=1S/C18H23N3O4S/c1-2-3-11-25-15(22)12-14-17(24)19-9-10-21(14)18(26)20-16(23)13-7-5-4-6-8-13/h4-8,14H,2-3,9-12H2,1H3,(H,19,24)(H,20,23,26)/t14-/m1/s1. The predicted molar refractivity (Wildman–Crippen MR) is 100 cm³/mol. The number of unbranched alkanes of at least 4 members (excludes halogenated alkanes) is 1. The fourth-order valence-corrected chi connectivity index (χ4v) is 2.85. The van der Waals surface area contributed by atoms with E-state index >= 15 is 0 Å². The molecule has 0 unspecified atom stereocenters.